The van der Waals surface area contributed by atoms with Crippen molar-refractivity contribution in [3.63, 3.8) is 0 Å². The van der Waals surface area contributed by atoms with Crippen molar-refractivity contribution in [2.24, 2.45) is 0 Å². The Morgan fingerprint density at radius 1 is 1.58 bits per heavy atom. The molecule has 0 unspecified atom stereocenters. The second-order valence-corrected chi connectivity index (χ2v) is 2.74. The van der Waals surface area contributed by atoms with Gasteiger partial charge < -0.3 is 4.74 Å². The molecule has 1 heterocycles. The van der Waals surface area contributed by atoms with Gasteiger partial charge in [-0.3, -0.25) is 0 Å². The van der Waals surface area contributed by atoms with Gasteiger partial charge in [-0.25, -0.2) is 13.8 Å². The summed E-state index contributed by atoms with van der Waals surface area (Å²) in [6, 6.07) is 0. The fraction of sp³-hybridized carbons (Fsp3) is 0.333. The molecule has 0 aliphatic heterocycles. The lowest BCUT2D eigenvalue weighted by atomic mass is 10.5. The molecule has 0 radical (unpaired) electrons. The summed E-state index contributed by atoms with van der Waals surface area (Å²) in [4.78, 5) is 6.86. The summed E-state index contributed by atoms with van der Waals surface area (Å²) < 4.78 is 29.2. The van der Waals surface area contributed by atoms with Crippen LogP contribution in [0.1, 0.15) is 12.2 Å². The van der Waals surface area contributed by atoms with E-state index < -0.39 is 12.2 Å². The molecule has 1 aromatic rings. The monoisotopic (exact) mass is 238 g/mol. The highest BCUT2D eigenvalue weighted by Gasteiger charge is 2.13. The Morgan fingerprint density at radius 2 is 2.25 bits per heavy atom. The van der Waals surface area contributed by atoms with Gasteiger partial charge in [0.25, 0.3) is 6.43 Å². The topological polar surface area (TPSA) is 35.0 Å². The predicted molar refractivity (Wildman–Crippen MR) is 41.2 cm³/mol. The average Bonchev–Trinajstić information content (AvgIpc) is 2.05. The maximum absolute atomic E-state index is 12.0. The smallest absolute Gasteiger partial charge is 0.297 e. The Morgan fingerprint density at radius 3 is 2.75 bits per heavy atom. The fourth-order valence-corrected chi connectivity index (χ4v) is 0.966. The largest absolute Gasteiger partial charge is 0.480 e. The highest BCUT2D eigenvalue weighted by Crippen LogP contribution is 2.23. The van der Waals surface area contributed by atoms with Gasteiger partial charge in [-0.15, -0.1) is 0 Å². The summed E-state index contributed by atoms with van der Waals surface area (Å²) in [6.07, 6.45) is -1.44. The summed E-state index contributed by atoms with van der Waals surface area (Å²) in [7, 11) is 1.35. The van der Waals surface area contributed by atoms with E-state index in [-0.39, 0.29) is 5.88 Å². The molecule has 0 N–H and O–H groups in total. The van der Waals surface area contributed by atoms with Crippen LogP contribution in [0.2, 0.25) is 0 Å². The van der Waals surface area contributed by atoms with Crippen molar-refractivity contribution in [2.45, 2.75) is 6.43 Å². The molecule has 0 aromatic carbocycles. The van der Waals surface area contributed by atoms with Crippen molar-refractivity contribution in [1.82, 2.24) is 9.97 Å². The summed E-state index contributed by atoms with van der Waals surface area (Å²) in [5, 5.41) is 0. The van der Waals surface area contributed by atoms with E-state index in [1.165, 1.54) is 13.3 Å². The minimum atomic E-state index is -2.67. The van der Waals surface area contributed by atoms with Crippen molar-refractivity contribution < 1.29 is 13.5 Å². The molecule has 0 bridgehead atoms. The van der Waals surface area contributed by atoms with Gasteiger partial charge in [0.1, 0.15) is 0 Å². The normalized spacial score (nSPS) is 10.4. The maximum atomic E-state index is 12.0. The molecule has 1 rings (SSSR count). The Balaban J connectivity index is 3.05. The Kier molecular flexibility index (Phi) is 2.91. The molecule has 0 atom stereocenters. The molecule has 0 aliphatic carbocycles. The van der Waals surface area contributed by atoms with E-state index in [4.69, 9.17) is 4.74 Å². The van der Waals surface area contributed by atoms with Crippen LogP contribution in [0, 0.1) is 0 Å². The third-order valence-corrected chi connectivity index (χ3v) is 1.66. The fourth-order valence-electron chi connectivity index (χ4n) is 0.613. The van der Waals surface area contributed by atoms with Gasteiger partial charge in [0.15, 0.2) is 5.82 Å². The molecular weight excluding hydrogens is 234 g/mol. The number of aromatic nitrogens is 2. The number of hydrogen-bond donors (Lipinski definition) is 0. The number of ether oxygens (including phenoxy) is 1. The molecule has 3 nitrogen and oxygen atoms in total. The summed E-state index contributed by atoms with van der Waals surface area (Å²) in [5.41, 5.74) is 0. The number of nitrogens with zero attached hydrogens (tertiary/aromatic N) is 2. The van der Waals surface area contributed by atoms with E-state index in [0.29, 0.717) is 4.47 Å². The highest BCUT2D eigenvalue weighted by atomic mass is 79.9. The Labute approximate surface area is 75.9 Å². The first kappa shape index (κ1) is 9.31. The lowest BCUT2D eigenvalue weighted by Crippen LogP contribution is -1.98. The molecule has 0 spiro atoms. The second-order valence-electron chi connectivity index (χ2n) is 1.89. The number of rotatable bonds is 2. The first-order chi connectivity index (χ1) is 5.65. The average molecular weight is 239 g/mol. The Hall–Kier alpha value is -0.780. The van der Waals surface area contributed by atoms with Crippen LogP contribution in [0.3, 0.4) is 0 Å². The summed E-state index contributed by atoms with van der Waals surface area (Å²) in [5.74, 6) is -0.421. The van der Waals surface area contributed by atoms with Gasteiger partial charge in [-0.2, -0.15) is 4.98 Å². The molecule has 0 fully saturated rings. The van der Waals surface area contributed by atoms with Crippen LogP contribution in [0.15, 0.2) is 10.7 Å². The van der Waals surface area contributed by atoms with E-state index in [0.717, 1.165) is 0 Å². The molecule has 0 aliphatic rings. The lowest BCUT2D eigenvalue weighted by molar-refractivity contribution is 0.139. The van der Waals surface area contributed by atoms with Gasteiger partial charge in [0.05, 0.1) is 11.6 Å². The van der Waals surface area contributed by atoms with Crippen LogP contribution in [0.4, 0.5) is 8.78 Å². The third-order valence-electron chi connectivity index (χ3n) is 1.12. The summed E-state index contributed by atoms with van der Waals surface area (Å²) in [6.45, 7) is 0. The van der Waals surface area contributed by atoms with Gasteiger partial charge >= 0.3 is 0 Å². The number of halogens is 3. The zero-order valence-electron chi connectivity index (χ0n) is 6.09. The molecule has 0 saturated carbocycles. The standard InChI is InChI=1S/C6H5BrF2N2O/c1-12-6-3(7)2-10-5(11-6)4(8)9/h2,4H,1H3. The van der Waals surface area contributed by atoms with Gasteiger partial charge in [-0.05, 0) is 15.9 Å². The zero-order chi connectivity index (χ0) is 9.14. The van der Waals surface area contributed by atoms with Gasteiger partial charge in [0.2, 0.25) is 5.88 Å². The number of methoxy groups -OCH3 is 1. The van der Waals surface area contributed by atoms with E-state index in [1.807, 2.05) is 0 Å². The highest BCUT2D eigenvalue weighted by molar-refractivity contribution is 9.10. The minimum Gasteiger partial charge on any atom is -0.480 e. The third kappa shape index (κ3) is 1.88. The van der Waals surface area contributed by atoms with Crippen LogP contribution in [-0.2, 0) is 0 Å². The van der Waals surface area contributed by atoms with Crippen molar-refractivity contribution in [3.8, 4) is 5.88 Å². The van der Waals surface area contributed by atoms with Crippen LogP contribution < -0.4 is 4.74 Å². The molecule has 6 heteroatoms. The van der Waals surface area contributed by atoms with E-state index in [1.54, 1.807) is 0 Å². The van der Waals surface area contributed by atoms with Gasteiger partial charge in [0, 0.05) is 6.20 Å². The number of hydrogen-bond acceptors (Lipinski definition) is 3. The molecule has 1 aromatic heterocycles. The van der Waals surface area contributed by atoms with E-state index in [2.05, 4.69) is 25.9 Å². The SMILES string of the molecule is COc1nc(C(F)F)ncc1Br. The van der Waals surface area contributed by atoms with E-state index in [9.17, 15) is 8.78 Å². The summed E-state index contributed by atoms with van der Waals surface area (Å²) >= 11 is 3.04. The number of alkyl halides is 2. The van der Waals surface area contributed by atoms with Crippen LogP contribution >= 0.6 is 15.9 Å². The zero-order valence-corrected chi connectivity index (χ0v) is 7.68. The molecule has 0 amide bonds. The van der Waals surface area contributed by atoms with Crippen molar-refractivity contribution in [1.29, 1.82) is 0 Å². The lowest BCUT2D eigenvalue weighted by Gasteiger charge is -2.02. The first-order valence-electron chi connectivity index (χ1n) is 2.99. The van der Waals surface area contributed by atoms with Gasteiger partial charge in [-0.1, -0.05) is 0 Å². The molecular formula is C6H5BrF2N2O. The predicted octanol–water partition coefficient (Wildman–Crippen LogP) is 2.19. The van der Waals surface area contributed by atoms with Crippen molar-refractivity contribution in [2.75, 3.05) is 7.11 Å². The maximum Gasteiger partial charge on any atom is 0.297 e. The quantitative estimate of drug-likeness (QED) is 0.793. The van der Waals surface area contributed by atoms with Crippen LogP contribution in [0.5, 0.6) is 5.88 Å². The minimum absolute atomic E-state index is 0.111. The van der Waals surface area contributed by atoms with Crippen molar-refractivity contribution in [3.05, 3.63) is 16.5 Å². The van der Waals surface area contributed by atoms with Crippen molar-refractivity contribution >= 4 is 15.9 Å². The Bertz CT molecular complexity index is 282. The molecule has 12 heavy (non-hydrogen) atoms. The molecule has 0 saturated heterocycles. The van der Waals surface area contributed by atoms with Crippen LogP contribution in [0.25, 0.3) is 0 Å². The first-order valence-corrected chi connectivity index (χ1v) is 3.79. The second kappa shape index (κ2) is 3.75. The van der Waals surface area contributed by atoms with E-state index >= 15 is 0 Å². The molecule has 66 valence electrons. The van der Waals surface area contributed by atoms with Crippen LogP contribution in [-0.4, -0.2) is 17.1 Å².